The van der Waals surface area contributed by atoms with Crippen molar-refractivity contribution in [1.29, 1.82) is 0 Å². The number of guanidine groups is 1. The molecule has 1 atom stereocenters. The molecule has 8 heteroatoms. The molecule has 0 spiro atoms. The number of para-hydroxylation sites is 1. The number of hydrogen-bond donors (Lipinski definition) is 2. The van der Waals surface area contributed by atoms with E-state index in [0.29, 0.717) is 19.8 Å². The van der Waals surface area contributed by atoms with Gasteiger partial charge in [0.25, 0.3) is 0 Å². The number of aryl methyl sites for hydroxylation is 2. The minimum atomic E-state index is 0.127. The Kier molecular flexibility index (Phi) is 7.25. The molecule has 0 radical (unpaired) electrons. The summed E-state index contributed by atoms with van der Waals surface area (Å²) >= 11 is 0. The van der Waals surface area contributed by atoms with Gasteiger partial charge in [-0.1, -0.05) is 18.2 Å². The average molecular weight is 387 g/mol. The first-order valence-corrected chi connectivity index (χ1v) is 9.87. The Labute approximate surface area is 166 Å². The predicted octanol–water partition coefficient (Wildman–Crippen LogP) is 2.20. The first-order valence-electron chi connectivity index (χ1n) is 9.87. The molecule has 1 aromatic heterocycles. The molecule has 8 nitrogen and oxygen atoms in total. The minimum Gasteiger partial charge on any atom is -0.496 e. The predicted molar refractivity (Wildman–Crippen MR) is 108 cm³/mol. The largest absolute Gasteiger partial charge is 0.496 e. The van der Waals surface area contributed by atoms with Gasteiger partial charge in [-0.3, -0.25) is 4.99 Å². The summed E-state index contributed by atoms with van der Waals surface area (Å²) in [6.45, 7) is 7.33. The Morgan fingerprint density at radius 3 is 3.04 bits per heavy atom. The number of nitrogens with zero attached hydrogens (tertiary/aromatic N) is 4. The topological polar surface area (TPSA) is 85.6 Å². The lowest BCUT2D eigenvalue weighted by Crippen LogP contribution is -2.41. The first kappa shape index (κ1) is 20.1. The molecular formula is C20H30N6O2. The molecule has 152 valence electrons. The van der Waals surface area contributed by atoms with E-state index in [-0.39, 0.29) is 6.04 Å². The molecule has 2 N–H and O–H groups in total. The third-order valence-electron chi connectivity index (χ3n) is 4.59. The summed E-state index contributed by atoms with van der Waals surface area (Å²) in [5.41, 5.74) is 1.04. The zero-order valence-electron chi connectivity index (χ0n) is 16.9. The van der Waals surface area contributed by atoms with Crippen molar-refractivity contribution in [1.82, 2.24) is 25.4 Å². The van der Waals surface area contributed by atoms with Crippen molar-refractivity contribution in [2.75, 3.05) is 26.8 Å². The second kappa shape index (κ2) is 10.1. The molecule has 0 saturated carbocycles. The highest BCUT2D eigenvalue weighted by molar-refractivity contribution is 5.80. The van der Waals surface area contributed by atoms with Gasteiger partial charge in [0, 0.05) is 18.7 Å². The third kappa shape index (κ3) is 5.22. The average Bonchev–Trinajstić information content (AvgIpc) is 3.09. The lowest BCUT2D eigenvalue weighted by atomic mass is 10.1. The van der Waals surface area contributed by atoms with Gasteiger partial charge in [-0.05, 0) is 32.8 Å². The molecule has 28 heavy (non-hydrogen) atoms. The van der Waals surface area contributed by atoms with Gasteiger partial charge < -0.3 is 20.1 Å². The van der Waals surface area contributed by atoms with E-state index >= 15 is 0 Å². The van der Waals surface area contributed by atoms with Gasteiger partial charge in [-0.25, -0.2) is 9.67 Å². The summed E-state index contributed by atoms with van der Waals surface area (Å²) in [5.74, 6) is 3.43. The van der Waals surface area contributed by atoms with Gasteiger partial charge in [-0.2, -0.15) is 5.10 Å². The fourth-order valence-corrected chi connectivity index (χ4v) is 3.32. The second-order valence-electron chi connectivity index (χ2n) is 6.70. The van der Waals surface area contributed by atoms with E-state index in [1.165, 1.54) is 0 Å². The zero-order valence-corrected chi connectivity index (χ0v) is 16.9. The van der Waals surface area contributed by atoms with Gasteiger partial charge in [0.05, 0.1) is 32.9 Å². The number of rotatable bonds is 8. The van der Waals surface area contributed by atoms with Crippen molar-refractivity contribution >= 4 is 5.96 Å². The summed E-state index contributed by atoms with van der Waals surface area (Å²) in [7, 11) is 1.67. The Hall–Kier alpha value is -2.61. The molecule has 0 saturated heterocycles. The van der Waals surface area contributed by atoms with Gasteiger partial charge >= 0.3 is 0 Å². The summed E-state index contributed by atoms with van der Waals surface area (Å²) in [5, 5.41) is 11.3. The molecule has 0 bridgehead atoms. The standard InChI is InChI=1S/C20H30N6O2/c1-4-21-20(24-17-9-7-12-26-19(17)23-15(2)25-26)22-11-13-28-14-16-8-5-6-10-18(16)27-3/h5-6,8,10,17H,4,7,9,11-14H2,1-3H3,(H2,21,22,24). The molecule has 1 aromatic carbocycles. The Balaban J connectivity index is 1.52. The lowest BCUT2D eigenvalue weighted by Gasteiger charge is -2.25. The molecule has 2 aromatic rings. The van der Waals surface area contributed by atoms with Crippen molar-refractivity contribution < 1.29 is 9.47 Å². The van der Waals surface area contributed by atoms with Crippen LogP contribution in [-0.2, 0) is 17.9 Å². The maximum absolute atomic E-state index is 5.77. The maximum atomic E-state index is 5.77. The van der Waals surface area contributed by atoms with Crippen LogP contribution in [0.3, 0.4) is 0 Å². The van der Waals surface area contributed by atoms with Crippen LogP contribution in [0.4, 0.5) is 0 Å². The fourth-order valence-electron chi connectivity index (χ4n) is 3.32. The molecule has 1 aliphatic rings. The number of aliphatic imine (C=N–C) groups is 1. The van der Waals surface area contributed by atoms with Crippen LogP contribution in [0.1, 0.15) is 43.0 Å². The van der Waals surface area contributed by atoms with Crippen LogP contribution in [-0.4, -0.2) is 47.5 Å². The molecule has 2 heterocycles. The van der Waals surface area contributed by atoms with E-state index in [4.69, 9.17) is 9.47 Å². The summed E-state index contributed by atoms with van der Waals surface area (Å²) < 4.78 is 13.1. The van der Waals surface area contributed by atoms with Crippen molar-refractivity contribution in [3.63, 3.8) is 0 Å². The van der Waals surface area contributed by atoms with Crippen LogP contribution in [0, 0.1) is 6.92 Å². The van der Waals surface area contributed by atoms with Gasteiger partial charge in [0.15, 0.2) is 5.96 Å². The Morgan fingerprint density at radius 1 is 1.36 bits per heavy atom. The highest BCUT2D eigenvalue weighted by Gasteiger charge is 2.24. The monoisotopic (exact) mass is 386 g/mol. The van der Waals surface area contributed by atoms with Crippen LogP contribution in [0.15, 0.2) is 29.3 Å². The summed E-state index contributed by atoms with van der Waals surface area (Å²) in [6.07, 6.45) is 2.10. The fraction of sp³-hybridized carbons (Fsp3) is 0.550. The number of hydrogen-bond acceptors (Lipinski definition) is 5. The van der Waals surface area contributed by atoms with Crippen molar-refractivity contribution in [2.45, 2.75) is 45.9 Å². The molecule has 0 aliphatic carbocycles. The van der Waals surface area contributed by atoms with Crippen molar-refractivity contribution in [3.05, 3.63) is 41.5 Å². The van der Waals surface area contributed by atoms with E-state index in [0.717, 1.165) is 54.9 Å². The van der Waals surface area contributed by atoms with E-state index < -0.39 is 0 Å². The maximum Gasteiger partial charge on any atom is 0.191 e. The van der Waals surface area contributed by atoms with Crippen LogP contribution in [0.2, 0.25) is 0 Å². The highest BCUT2D eigenvalue weighted by atomic mass is 16.5. The van der Waals surface area contributed by atoms with Crippen molar-refractivity contribution in [2.24, 2.45) is 4.99 Å². The van der Waals surface area contributed by atoms with Gasteiger partial charge in [0.1, 0.15) is 17.4 Å². The van der Waals surface area contributed by atoms with Gasteiger partial charge in [0.2, 0.25) is 0 Å². The summed E-state index contributed by atoms with van der Waals surface area (Å²) in [4.78, 5) is 9.22. The quantitative estimate of drug-likeness (QED) is 0.411. The van der Waals surface area contributed by atoms with Crippen LogP contribution < -0.4 is 15.4 Å². The number of nitrogens with one attached hydrogen (secondary N) is 2. The Morgan fingerprint density at radius 2 is 2.21 bits per heavy atom. The van der Waals surface area contributed by atoms with Gasteiger partial charge in [-0.15, -0.1) is 0 Å². The van der Waals surface area contributed by atoms with Crippen LogP contribution in [0.25, 0.3) is 0 Å². The first-order chi connectivity index (χ1) is 13.7. The normalized spacial score (nSPS) is 16.5. The number of aromatic nitrogens is 3. The molecular weight excluding hydrogens is 356 g/mol. The number of fused-ring (bicyclic) bond motifs is 1. The zero-order chi connectivity index (χ0) is 19.8. The van der Waals surface area contributed by atoms with Crippen LogP contribution >= 0.6 is 0 Å². The molecule has 3 rings (SSSR count). The molecule has 0 amide bonds. The Bertz CT molecular complexity index is 789. The number of benzene rings is 1. The number of ether oxygens (including phenoxy) is 2. The molecule has 0 fully saturated rings. The molecule has 1 unspecified atom stereocenters. The van der Waals surface area contributed by atoms with E-state index in [9.17, 15) is 0 Å². The SMILES string of the molecule is CCNC(=NCCOCc1ccccc1OC)NC1CCCn2nc(C)nc21. The van der Waals surface area contributed by atoms with Crippen molar-refractivity contribution in [3.8, 4) is 5.75 Å². The highest BCUT2D eigenvalue weighted by Crippen LogP contribution is 2.22. The lowest BCUT2D eigenvalue weighted by molar-refractivity contribution is 0.126. The van der Waals surface area contributed by atoms with E-state index in [1.807, 2.05) is 35.9 Å². The van der Waals surface area contributed by atoms with E-state index in [2.05, 4.69) is 32.6 Å². The summed E-state index contributed by atoms with van der Waals surface area (Å²) in [6, 6.07) is 8.01. The third-order valence-corrected chi connectivity index (χ3v) is 4.59. The molecule has 1 aliphatic heterocycles. The smallest absolute Gasteiger partial charge is 0.191 e. The second-order valence-corrected chi connectivity index (χ2v) is 6.70. The number of methoxy groups -OCH3 is 1. The van der Waals surface area contributed by atoms with Crippen LogP contribution in [0.5, 0.6) is 5.75 Å². The minimum absolute atomic E-state index is 0.127. The van der Waals surface area contributed by atoms with E-state index in [1.54, 1.807) is 7.11 Å².